The van der Waals surface area contributed by atoms with Gasteiger partial charge in [-0.15, -0.1) is 0 Å². The summed E-state index contributed by atoms with van der Waals surface area (Å²) >= 11 is 0. The van der Waals surface area contributed by atoms with E-state index in [4.69, 9.17) is 5.11 Å². The predicted molar refractivity (Wildman–Crippen MR) is 88.6 cm³/mol. The molecule has 1 aliphatic carbocycles. The molecule has 0 amide bonds. The van der Waals surface area contributed by atoms with Gasteiger partial charge in [0, 0.05) is 23.7 Å². The van der Waals surface area contributed by atoms with Crippen LogP contribution in [0.5, 0.6) is 0 Å². The number of halogens is 1. The van der Waals surface area contributed by atoms with Crippen LogP contribution in [0.25, 0.3) is 0 Å². The number of nitro groups is 1. The molecule has 1 aromatic rings. The minimum atomic E-state index is -1.23. The van der Waals surface area contributed by atoms with Gasteiger partial charge in [0.25, 0.3) is 5.69 Å². The summed E-state index contributed by atoms with van der Waals surface area (Å²) in [7, 11) is 0. The third-order valence-corrected chi connectivity index (χ3v) is 4.45. The molecular weight excluding hydrogens is 315 g/mol. The summed E-state index contributed by atoms with van der Waals surface area (Å²) in [6.07, 6.45) is 2.20. The van der Waals surface area contributed by atoms with Crippen LogP contribution in [0.3, 0.4) is 0 Å². The molecule has 1 aromatic carbocycles. The van der Waals surface area contributed by atoms with E-state index in [0.29, 0.717) is 5.92 Å². The quantitative estimate of drug-likeness (QED) is 0.625. The first-order chi connectivity index (χ1) is 11.1. The molecule has 24 heavy (non-hydrogen) atoms. The van der Waals surface area contributed by atoms with Crippen LogP contribution in [0.4, 0.5) is 15.8 Å². The number of anilines is 1. The van der Waals surface area contributed by atoms with E-state index < -0.39 is 23.1 Å². The smallest absolute Gasteiger partial charge is 0.307 e. The van der Waals surface area contributed by atoms with E-state index in [2.05, 4.69) is 26.1 Å². The third kappa shape index (κ3) is 4.43. The van der Waals surface area contributed by atoms with Crippen molar-refractivity contribution in [2.24, 2.45) is 11.3 Å². The highest BCUT2D eigenvalue weighted by atomic mass is 19.1. The zero-order chi connectivity index (χ0) is 18.1. The molecule has 2 N–H and O–H groups in total. The van der Waals surface area contributed by atoms with Crippen LogP contribution in [-0.4, -0.2) is 22.0 Å². The van der Waals surface area contributed by atoms with Gasteiger partial charge >= 0.3 is 5.97 Å². The van der Waals surface area contributed by atoms with E-state index in [1.54, 1.807) is 0 Å². The first-order valence-corrected chi connectivity index (χ1v) is 8.02. The number of nitro benzene ring substituents is 1. The molecule has 2 rings (SSSR count). The highest BCUT2D eigenvalue weighted by molar-refractivity contribution is 5.72. The summed E-state index contributed by atoms with van der Waals surface area (Å²) in [5, 5.41) is 23.2. The maximum atomic E-state index is 14.1. The van der Waals surface area contributed by atoms with Crippen molar-refractivity contribution < 1.29 is 19.2 Å². The Labute approximate surface area is 140 Å². The Hall–Kier alpha value is -2.18. The molecule has 1 fully saturated rings. The summed E-state index contributed by atoms with van der Waals surface area (Å²) in [4.78, 5) is 21.5. The van der Waals surface area contributed by atoms with Gasteiger partial charge in [-0.3, -0.25) is 14.9 Å². The van der Waals surface area contributed by atoms with Crippen molar-refractivity contribution in [2.75, 3.05) is 5.32 Å². The van der Waals surface area contributed by atoms with E-state index in [1.165, 1.54) is 0 Å². The molecule has 2 unspecified atom stereocenters. The minimum Gasteiger partial charge on any atom is -0.481 e. The second kappa shape index (κ2) is 6.75. The van der Waals surface area contributed by atoms with Crippen LogP contribution < -0.4 is 5.32 Å². The van der Waals surface area contributed by atoms with E-state index in [0.717, 1.165) is 31.4 Å². The summed E-state index contributed by atoms with van der Waals surface area (Å²) in [5.74, 6) is -1.50. The van der Waals surface area contributed by atoms with E-state index >= 15 is 0 Å². The highest BCUT2D eigenvalue weighted by Crippen LogP contribution is 2.40. The van der Waals surface area contributed by atoms with Gasteiger partial charge in [-0.25, -0.2) is 4.39 Å². The molecule has 0 radical (unpaired) electrons. The average molecular weight is 338 g/mol. The minimum absolute atomic E-state index is 0.0205. The summed E-state index contributed by atoms with van der Waals surface area (Å²) < 4.78 is 14.1. The number of carboxylic acids is 1. The van der Waals surface area contributed by atoms with Crippen molar-refractivity contribution in [1.82, 2.24) is 0 Å². The van der Waals surface area contributed by atoms with Gasteiger partial charge in [0.05, 0.1) is 11.3 Å². The highest BCUT2D eigenvalue weighted by Gasteiger charge is 2.33. The molecule has 1 aliphatic rings. The monoisotopic (exact) mass is 338 g/mol. The summed E-state index contributed by atoms with van der Waals surface area (Å²) in [6, 6.07) is 2.08. The topological polar surface area (TPSA) is 92.5 Å². The lowest BCUT2D eigenvalue weighted by Crippen LogP contribution is -2.35. The molecule has 6 nitrogen and oxygen atoms in total. The van der Waals surface area contributed by atoms with Crippen molar-refractivity contribution in [2.45, 2.75) is 52.5 Å². The van der Waals surface area contributed by atoms with Crippen LogP contribution in [0, 0.1) is 27.3 Å². The van der Waals surface area contributed by atoms with Crippen molar-refractivity contribution in [3.63, 3.8) is 0 Å². The number of hydrogen-bond donors (Lipinski definition) is 2. The average Bonchev–Trinajstić information content (AvgIpc) is 2.38. The number of carboxylic acid groups (broad SMARTS) is 1. The number of benzene rings is 1. The van der Waals surface area contributed by atoms with E-state index in [9.17, 15) is 19.3 Å². The van der Waals surface area contributed by atoms with Gasteiger partial charge in [0.1, 0.15) is 11.5 Å². The molecule has 0 heterocycles. The Morgan fingerprint density at radius 1 is 1.46 bits per heavy atom. The Morgan fingerprint density at radius 2 is 2.12 bits per heavy atom. The second-order valence-electron chi connectivity index (χ2n) is 7.54. The Kier molecular flexibility index (Phi) is 5.11. The Bertz CT molecular complexity index is 660. The molecule has 0 aliphatic heterocycles. The fraction of sp³-hybridized carbons (Fsp3) is 0.588. The number of aliphatic carboxylic acids is 1. The van der Waals surface area contributed by atoms with Crippen molar-refractivity contribution in [1.29, 1.82) is 0 Å². The van der Waals surface area contributed by atoms with Gasteiger partial charge in [-0.05, 0) is 30.6 Å². The fourth-order valence-corrected chi connectivity index (χ4v) is 3.85. The first-order valence-electron chi connectivity index (χ1n) is 8.02. The zero-order valence-electron chi connectivity index (χ0n) is 14.1. The molecule has 2 atom stereocenters. The summed E-state index contributed by atoms with van der Waals surface area (Å²) in [6.45, 7) is 6.45. The van der Waals surface area contributed by atoms with Crippen LogP contribution >= 0.6 is 0 Å². The SMILES string of the molecule is CC1CC(Nc2cc(F)c(CC(=O)O)cc2[N+](=O)[O-])CC(C)(C)C1. The van der Waals surface area contributed by atoms with Gasteiger partial charge in [-0.2, -0.15) is 0 Å². The van der Waals surface area contributed by atoms with Gasteiger partial charge < -0.3 is 10.4 Å². The first kappa shape index (κ1) is 18.2. The number of rotatable bonds is 5. The molecule has 132 valence electrons. The molecule has 0 spiro atoms. The lowest BCUT2D eigenvalue weighted by molar-refractivity contribution is -0.384. The normalized spacial score (nSPS) is 22.8. The lowest BCUT2D eigenvalue weighted by Gasteiger charge is -2.39. The van der Waals surface area contributed by atoms with Crippen LogP contribution in [0.2, 0.25) is 0 Å². The molecule has 0 aromatic heterocycles. The van der Waals surface area contributed by atoms with Crippen molar-refractivity contribution >= 4 is 17.3 Å². The van der Waals surface area contributed by atoms with E-state index in [1.807, 2.05) is 0 Å². The van der Waals surface area contributed by atoms with Crippen molar-refractivity contribution in [3.05, 3.63) is 33.6 Å². The number of carbonyl (C=O) groups is 1. The maximum absolute atomic E-state index is 14.1. The third-order valence-electron chi connectivity index (χ3n) is 4.45. The number of hydrogen-bond acceptors (Lipinski definition) is 4. The Balaban J connectivity index is 2.30. The standard InChI is InChI=1S/C17H23FN2O4/c1-10-4-12(9-17(2,3)8-10)19-14-7-13(18)11(6-16(21)22)5-15(14)20(23)24/h5,7,10,12,19H,4,6,8-9H2,1-3H3,(H,21,22). The fourth-order valence-electron chi connectivity index (χ4n) is 3.85. The molecule has 1 saturated carbocycles. The van der Waals surface area contributed by atoms with Crippen LogP contribution in [-0.2, 0) is 11.2 Å². The van der Waals surface area contributed by atoms with E-state index in [-0.39, 0.29) is 28.4 Å². The largest absolute Gasteiger partial charge is 0.481 e. The molecule has 7 heteroatoms. The predicted octanol–water partition coefficient (Wildman–Crippen LogP) is 3.99. The van der Waals surface area contributed by atoms with Crippen LogP contribution in [0.1, 0.15) is 45.6 Å². The molecule has 0 saturated heterocycles. The lowest BCUT2D eigenvalue weighted by atomic mass is 9.70. The van der Waals surface area contributed by atoms with Crippen LogP contribution in [0.15, 0.2) is 12.1 Å². The second-order valence-corrected chi connectivity index (χ2v) is 7.54. The maximum Gasteiger partial charge on any atom is 0.307 e. The van der Waals surface area contributed by atoms with Gasteiger partial charge in [0.15, 0.2) is 0 Å². The summed E-state index contributed by atoms with van der Waals surface area (Å²) in [5.41, 5.74) is -0.242. The zero-order valence-corrected chi connectivity index (χ0v) is 14.1. The molecule has 0 bridgehead atoms. The number of nitrogens with zero attached hydrogens (tertiary/aromatic N) is 1. The Morgan fingerprint density at radius 3 is 2.67 bits per heavy atom. The number of nitrogens with one attached hydrogen (secondary N) is 1. The van der Waals surface area contributed by atoms with Gasteiger partial charge in [-0.1, -0.05) is 20.8 Å². The molecular formula is C17H23FN2O4. The van der Waals surface area contributed by atoms with Crippen molar-refractivity contribution in [3.8, 4) is 0 Å². The van der Waals surface area contributed by atoms with Gasteiger partial charge in [0.2, 0.25) is 0 Å².